The van der Waals surface area contributed by atoms with Gasteiger partial charge in [0.25, 0.3) is 0 Å². The van der Waals surface area contributed by atoms with Gasteiger partial charge in [-0.05, 0) is 42.8 Å². The van der Waals surface area contributed by atoms with Crippen LogP contribution in [0, 0.1) is 0 Å². The summed E-state index contributed by atoms with van der Waals surface area (Å²) in [6.07, 6.45) is 0.820. The summed E-state index contributed by atoms with van der Waals surface area (Å²) in [5, 5.41) is 9.62. The van der Waals surface area contributed by atoms with E-state index in [2.05, 4.69) is 6.07 Å². The summed E-state index contributed by atoms with van der Waals surface area (Å²) in [5.74, 6) is 2.77. The van der Waals surface area contributed by atoms with Crippen LogP contribution in [-0.2, 0) is 0 Å². The number of benzene rings is 2. The van der Waals surface area contributed by atoms with Gasteiger partial charge in [0, 0.05) is 23.1 Å². The van der Waals surface area contributed by atoms with Crippen LogP contribution in [0.2, 0.25) is 0 Å². The molecule has 0 N–H and O–H groups in total. The maximum absolute atomic E-state index is 5.49. The number of thiazole rings is 1. The van der Waals surface area contributed by atoms with Gasteiger partial charge in [-0.1, -0.05) is 6.07 Å². The van der Waals surface area contributed by atoms with E-state index in [4.69, 9.17) is 29.0 Å². The topological polar surface area (TPSA) is 65.4 Å². The molecule has 4 rings (SSSR count). The van der Waals surface area contributed by atoms with E-state index in [1.54, 1.807) is 39.8 Å². The zero-order valence-electron chi connectivity index (χ0n) is 18.2. The molecule has 162 valence electrons. The van der Waals surface area contributed by atoms with Crippen molar-refractivity contribution in [3.63, 3.8) is 0 Å². The Bertz CT molecular complexity index is 1110. The molecule has 0 saturated carbocycles. The van der Waals surface area contributed by atoms with E-state index in [9.17, 15) is 0 Å². The second-order valence-electron chi connectivity index (χ2n) is 7.10. The summed E-state index contributed by atoms with van der Waals surface area (Å²) in [6, 6.07) is 11.8. The SMILES string of the molecule is COc1ccc(-c2csc(N3N=C(C)C[C@H]3c3ccc(OC)c(OC)c3)n2)cc1OC. The molecular formula is C23H25N3O4S. The van der Waals surface area contributed by atoms with Crippen molar-refractivity contribution >= 4 is 22.2 Å². The van der Waals surface area contributed by atoms with Crippen molar-refractivity contribution in [2.45, 2.75) is 19.4 Å². The number of hydrogen-bond acceptors (Lipinski definition) is 8. The Labute approximate surface area is 185 Å². The molecule has 0 bridgehead atoms. The van der Waals surface area contributed by atoms with Crippen LogP contribution >= 0.6 is 11.3 Å². The Morgan fingerprint density at radius 2 is 1.52 bits per heavy atom. The standard InChI is InChI=1S/C23H25N3O4S/c1-14-10-18(16-7-9-20(28-3)22(12-16)30-5)26(25-14)23-24-17(13-31-23)15-6-8-19(27-2)21(11-15)29-4/h6-9,11-13,18H,10H2,1-5H3/t18-/m0/s1. The first-order chi connectivity index (χ1) is 15.1. The van der Waals surface area contributed by atoms with Gasteiger partial charge in [-0.25, -0.2) is 9.99 Å². The van der Waals surface area contributed by atoms with Gasteiger partial charge in [-0.3, -0.25) is 0 Å². The first-order valence-corrected chi connectivity index (χ1v) is 10.7. The Hall–Kier alpha value is -3.26. The lowest BCUT2D eigenvalue weighted by Crippen LogP contribution is -2.18. The maximum atomic E-state index is 5.49. The largest absolute Gasteiger partial charge is 0.493 e. The molecule has 3 aromatic rings. The molecule has 0 spiro atoms. The molecule has 1 aliphatic heterocycles. The van der Waals surface area contributed by atoms with E-state index >= 15 is 0 Å². The van der Waals surface area contributed by atoms with E-state index < -0.39 is 0 Å². The van der Waals surface area contributed by atoms with E-state index in [0.29, 0.717) is 23.0 Å². The van der Waals surface area contributed by atoms with Crippen LogP contribution < -0.4 is 24.0 Å². The van der Waals surface area contributed by atoms with Crippen LogP contribution in [0.4, 0.5) is 5.13 Å². The molecule has 8 heteroatoms. The molecule has 31 heavy (non-hydrogen) atoms. The molecule has 0 saturated heterocycles. The summed E-state index contributed by atoms with van der Waals surface area (Å²) >= 11 is 1.56. The highest BCUT2D eigenvalue weighted by molar-refractivity contribution is 7.14. The lowest BCUT2D eigenvalue weighted by atomic mass is 10.0. The minimum absolute atomic E-state index is 0.0456. The van der Waals surface area contributed by atoms with Crippen molar-refractivity contribution in [2.75, 3.05) is 33.4 Å². The fourth-order valence-corrected chi connectivity index (χ4v) is 4.49. The third kappa shape index (κ3) is 4.03. The number of methoxy groups -OCH3 is 4. The summed E-state index contributed by atoms with van der Waals surface area (Å²) in [6.45, 7) is 2.04. The monoisotopic (exact) mass is 439 g/mol. The third-order valence-corrected chi connectivity index (χ3v) is 6.05. The van der Waals surface area contributed by atoms with E-state index in [-0.39, 0.29) is 6.04 Å². The van der Waals surface area contributed by atoms with Gasteiger partial charge >= 0.3 is 0 Å². The quantitative estimate of drug-likeness (QED) is 0.506. The number of anilines is 1. The van der Waals surface area contributed by atoms with Crippen LogP contribution in [0.1, 0.15) is 24.9 Å². The minimum atomic E-state index is 0.0456. The fraction of sp³-hybridized carbons (Fsp3) is 0.304. The zero-order chi connectivity index (χ0) is 22.0. The molecule has 2 heterocycles. The van der Waals surface area contributed by atoms with E-state index in [1.807, 2.05) is 47.6 Å². The molecule has 0 aliphatic carbocycles. The predicted octanol–water partition coefficient (Wildman–Crippen LogP) is 5.17. The van der Waals surface area contributed by atoms with E-state index in [1.165, 1.54) is 0 Å². The van der Waals surface area contributed by atoms with Crippen LogP contribution in [-0.4, -0.2) is 39.1 Å². The lowest BCUT2D eigenvalue weighted by molar-refractivity contribution is 0.354. The highest BCUT2D eigenvalue weighted by Crippen LogP contribution is 2.41. The Kier molecular flexibility index (Phi) is 5.99. The van der Waals surface area contributed by atoms with Crippen LogP contribution in [0.3, 0.4) is 0 Å². The summed E-state index contributed by atoms with van der Waals surface area (Å²) in [5.41, 5.74) is 3.98. The van der Waals surface area contributed by atoms with Crippen LogP contribution in [0.15, 0.2) is 46.9 Å². The number of ether oxygens (including phenoxy) is 4. The summed E-state index contributed by atoms with van der Waals surface area (Å²) < 4.78 is 21.6. The van der Waals surface area contributed by atoms with Crippen LogP contribution in [0.5, 0.6) is 23.0 Å². The van der Waals surface area contributed by atoms with Crippen LogP contribution in [0.25, 0.3) is 11.3 Å². The Morgan fingerprint density at radius 1 is 0.871 bits per heavy atom. The summed E-state index contributed by atoms with van der Waals surface area (Å²) in [7, 11) is 6.54. The number of rotatable bonds is 7. The Morgan fingerprint density at radius 3 is 2.19 bits per heavy atom. The lowest BCUT2D eigenvalue weighted by Gasteiger charge is -2.22. The first kappa shape index (κ1) is 21.0. The second-order valence-corrected chi connectivity index (χ2v) is 7.94. The molecule has 7 nitrogen and oxygen atoms in total. The maximum Gasteiger partial charge on any atom is 0.207 e. The molecule has 1 aromatic heterocycles. The molecular weight excluding hydrogens is 414 g/mol. The van der Waals surface area contributed by atoms with Crippen molar-refractivity contribution < 1.29 is 18.9 Å². The van der Waals surface area contributed by atoms with Gasteiger partial charge in [-0.2, -0.15) is 5.10 Å². The molecule has 0 fully saturated rings. The molecule has 0 unspecified atom stereocenters. The third-order valence-electron chi connectivity index (χ3n) is 5.22. The van der Waals surface area contributed by atoms with Crippen molar-refractivity contribution in [1.29, 1.82) is 0 Å². The van der Waals surface area contributed by atoms with Crippen molar-refractivity contribution in [2.24, 2.45) is 5.10 Å². The number of nitrogens with zero attached hydrogens (tertiary/aromatic N) is 3. The van der Waals surface area contributed by atoms with Gasteiger partial charge in [0.2, 0.25) is 5.13 Å². The van der Waals surface area contributed by atoms with E-state index in [0.717, 1.165) is 34.1 Å². The Balaban J connectivity index is 1.65. The average Bonchev–Trinajstić information content (AvgIpc) is 3.44. The normalized spacial score (nSPS) is 15.6. The van der Waals surface area contributed by atoms with Gasteiger partial charge < -0.3 is 18.9 Å². The molecule has 0 radical (unpaired) electrons. The van der Waals surface area contributed by atoms with Crippen molar-refractivity contribution in [1.82, 2.24) is 4.98 Å². The molecule has 2 aromatic carbocycles. The van der Waals surface area contributed by atoms with Gasteiger partial charge in [-0.15, -0.1) is 11.3 Å². The predicted molar refractivity (Wildman–Crippen MR) is 123 cm³/mol. The second kappa shape index (κ2) is 8.85. The summed E-state index contributed by atoms with van der Waals surface area (Å²) in [4.78, 5) is 4.86. The molecule has 1 atom stereocenters. The number of aromatic nitrogens is 1. The van der Waals surface area contributed by atoms with Gasteiger partial charge in [0.05, 0.1) is 40.2 Å². The minimum Gasteiger partial charge on any atom is -0.493 e. The zero-order valence-corrected chi connectivity index (χ0v) is 19.0. The first-order valence-electron chi connectivity index (χ1n) is 9.81. The number of hydrazone groups is 1. The number of hydrogen-bond donors (Lipinski definition) is 0. The molecule has 1 aliphatic rings. The van der Waals surface area contributed by atoms with Gasteiger partial charge in [0.15, 0.2) is 23.0 Å². The van der Waals surface area contributed by atoms with Gasteiger partial charge in [0.1, 0.15) is 0 Å². The smallest absolute Gasteiger partial charge is 0.207 e. The highest BCUT2D eigenvalue weighted by Gasteiger charge is 2.30. The highest BCUT2D eigenvalue weighted by atomic mass is 32.1. The van der Waals surface area contributed by atoms with Crippen molar-refractivity contribution in [3.05, 3.63) is 47.3 Å². The fourth-order valence-electron chi connectivity index (χ4n) is 3.65. The van der Waals surface area contributed by atoms with Crippen molar-refractivity contribution in [3.8, 4) is 34.3 Å². The molecule has 0 amide bonds. The average molecular weight is 440 g/mol.